The van der Waals surface area contributed by atoms with Crippen molar-refractivity contribution in [3.8, 4) is 0 Å². The minimum Gasteiger partial charge on any atom is -0.462 e. The lowest BCUT2D eigenvalue weighted by atomic mass is 9.93. The molecule has 1 heterocycles. The van der Waals surface area contributed by atoms with E-state index in [9.17, 15) is 14.4 Å². The molecule has 1 aliphatic carbocycles. The summed E-state index contributed by atoms with van der Waals surface area (Å²) in [5, 5.41) is 0. The molecule has 0 amide bonds. The van der Waals surface area contributed by atoms with E-state index in [0.717, 1.165) is 0 Å². The Morgan fingerprint density at radius 1 is 0.929 bits per heavy atom. The predicted octanol–water partition coefficient (Wildman–Crippen LogP) is 3.02. The van der Waals surface area contributed by atoms with Crippen molar-refractivity contribution in [2.24, 2.45) is 11.8 Å². The molecule has 0 N–H and O–H groups in total. The Balaban J connectivity index is 1.45. The highest BCUT2D eigenvalue weighted by Crippen LogP contribution is 2.43. The van der Waals surface area contributed by atoms with Gasteiger partial charge in [-0.15, -0.1) is 0 Å². The lowest BCUT2D eigenvalue weighted by molar-refractivity contribution is -0.141. The molecule has 2 fully saturated rings. The monoisotopic (exact) mass is 380 g/mol. The molecule has 28 heavy (non-hydrogen) atoms. The van der Waals surface area contributed by atoms with Gasteiger partial charge in [-0.25, -0.2) is 9.59 Å². The highest BCUT2D eigenvalue weighted by molar-refractivity contribution is 5.90. The second-order valence-electron chi connectivity index (χ2n) is 7.07. The molecule has 4 atom stereocenters. The van der Waals surface area contributed by atoms with Crippen LogP contribution in [-0.4, -0.2) is 36.7 Å². The SMILES string of the molecule is O=C1C[C@@H]2[C@@H](COC(=O)c3ccccc3)[C@H](OC(=O)c3ccccc3)C[C@@H]2O1. The van der Waals surface area contributed by atoms with Gasteiger partial charge in [0.15, 0.2) is 0 Å². The summed E-state index contributed by atoms with van der Waals surface area (Å²) in [5.41, 5.74) is 0.908. The van der Waals surface area contributed by atoms with Crippen molar-refractivity contribution in [2.75, 3.05) is 6.61 Å². The lowest BCUT2D eigenvalue weighted by Crippen LogP contribution is -2.30. The molecule has 6 nitrogen and oxygen atoms in total. The molecule has 0 radical (unpaired) electrons. The van der Waals surface area contributed by atoms with Gasteiger partial charge in [-0.3, -0.25) is 4.79 Å². The number of hydrogen-bond acceptors (Lipinski definition) is 6. The molecule has 2 aromatic rings. The summed E-state index contributed by atoms with van der Waals surface area (Å²) < 4.78 is 16.5. The van der Waals surface area contributed by atoms with E-state index in [1.54, 1.807) is 48.5 Å². The molecule has 0 spiro atoms. The Bertz CT molecular complexity index is 863. The fourth-order valence-electron chi connectivity index (χ4n) is 3.93. The van der Waals surface area contributed by atoms with E-state index in [1.165, 1.54) is 0 Å². The number of rotatable bonds is 5. The zero-order valence-corrected chi connectivity index (χ0v) is 15.2. The van der Waals surface area contributed by atoms with Gasteiger partial charge >= 0.3 is 17.9 Å². The Labute approximate surface area is 162 Å². The van der Waals surface area contributed by atoms with Gasteiger partial charge in [0.2, 0.25) is 0 Å². The maximum Gasteiger partial charge on any atom is 0.338 e. The summed E-state index contributed by atoms with van der Waals surface area (Å²) in [6.45, 7) is 0.0677. The van der Waals surface area contributed by atoms with Gasteiger partial charge in [-0.2, -0.15) is 0 Å². The van der Waals surface area contributed by atoms with Crippen LogP contribution >= 0.6 is 0 Å². The molecule has 1 aliphatic heterocycles. The second kappa shape index (κ2) is 7.84. The number of hydrogen-bond donors (Lipinski definition) is 0. The van der Waals surface area contributed by atoms with Crippen molar-refractivity contribution in [1.29, 1.82) is 0 Å². The maximum absolute atomic E-state index is 12.5. The largest absolute Gasteiger partial charge is 0.462 e. The van der Waals surface area contributed by atoms with Crippen LogP contribution in [0, 0.1) is 11.8 Å². The normalized spacial score (nSPS) is 25.6. The van der Waals surface area contributed by atoms with Crippen LogP contribution in [0.1, 0.15) is 33.6 Å². The fraction of sp³-hybridized carbons (Fsp3) is 0.318. The van der Waals surface area contributed by atoms with Crippen molar-refractivity contribution in [1.82, 2.24) is 0 Å². The van der Waals surface area contributed by atoms with E-state index in [4.69, 9.17) is 14.2 Å². The molecule has 0 bridgehead atoms. The van der Waals surface area contributed by atoms with Crippen LogP contribution in [0.5, 0.6) is 0 Å². The number of esters is 3. The minimum absolute atomic E-state index is 0.0677. The molecule has 0 unspecified atom stereocenters. The number of benzene rings is 2. The van der Waals surface area contributed by atoms with Gasteiger partial charge in [-0.1, -0.05) is 36.4 Å². The van der Waals surface area contributed by atoms with Gasteiger partial charge in [0, 0.05) is 18.3 Å². The third-order valence-electron chi connectivity index (χ3n) is 5.34. The van der Waals surface area contributed by atoms with E-state index in [2.05, 4.69) is 0 Å². The van der Waals surface area contributed by atoms with Crippen molar-refractivity contribution in [3.05, 3.63) is 71.8 Å². The van der Waals surface area contributed by atoms with E-state index < -0.39 is 18.0 Å². The third kappa shape index (κ3) is 3.76. The van der Waals surface area contributed by atoms with Crippen LogP contribution in [0.2, 0.25) is 0 Å². The number of ether oxygens (including phenoxy) is 3. The molecular formula is C22H20O6. The summed E-state index contributed by atoms with van der Waals surface area (Å²) in [6, 6.07) is 17.4. The lowest BCUT2D eigenvalue weighted by Gasteiger charge is -2.22. The van der Waals surface area contributed by atoms with Crippen molar-refractivity contribution in [3.63, 3.8) is 0 Å². The zero-order chi connectivity index (χ0) is 19.5. The van der Waals surface area contributed by atoms with Gasteiger partial charge < -0.3 is 14.2 Å². The quantitative estimate of drug-likeness (QED) is 0.586. The van der Waals surface area contributed by atoms with Gasteiger partial charge in [0.1, 0.15) is 12.2 Å². The predicted molar refractivity (Wildman–Crippen MR) is 98.5 cm³/mol. The van der Waals surface area contributed by atoms with Crippen LogP contribution in [0.25, 0.3) is 0 Å². The molecule has 1 saturated heterocycles. The van der Waals surface area contributed by atoms with Gasteiger partial charge in [0.05, 0.1) is 24.2 Å². The fourth-order valence-corrected chi connectivity index (χ4v) is 3.93. The van der Waals surface area contributed by atoms with Crippen LogP contribution in [0.4, 0.5) is 0 Å². The minimum atomic E-state index is -0.473. The van der Waals surface area contributed by atoms with Gasteiger partial charge in [-0.05, 0) is 24.3 Å². The first-order chi connectivity index (χ1) is 13.6. The molecule has 144 valence electrons. The molecule has 1 saturated carbocycles. The number of carbonyl (C=O) groups excluding carboxylic acids is 3. The van der Waals surface area contributed by atoms with Crippen LogP contribution in [0.3, 0.4) is 0 Å². The third-order valence-corrected chi connectivity index (χ3v) is 5.34. The summed E-state index contributed by atoms with van der Waals surface area (Å²) in [5.74, 6) is -1.54. The van der Waals surface area contributed by atoms with Crippen molar-refractivity contribution < 1.29 is 28.6 Å². The maximum atomic E-state index is 12.5. The second-order valence-corrected chi connectivity index (χ2v) is 7.07. The first-order valence-corrected chi connectivity index (χ1v) is 9.29. The van der Waals surface area contributed by atoms with Crippen LogP contribution in [-0.2, 0) is 19.0 Å². The highest BCUT2D eigenvalue weighted by Gasteiger charge is 2.52. The Kier molecular flexibility index (Phi) is 5.10. The number of carbonyl (C=O) groups is 3. The smallest absolute Gasteiger partial charge is 0.338 e. The van der Waals surface area contributed by atoms with Gasteiger partial charge in [0.25, 0.3) is 0 Å². The van der Waals surface area contributed by atoms with Crippen LogP contribution in [0.15, 0.2) is 60.7 Å². The topological polar surface area (TPSA) is 78.9 Å². The summed E-state index contributed by atoms with van der Waals surface area (Å²) in [4.78, 5) is 36.4. The molecule has 0 aromatic heterocycles. The van der Waals surface area contributed by atoms with E-state index >= 15 is 0 Å². The summed E-state index contributed by atoms with van der Waals surface area (Å²) in [7, 11) is 0. The molecule has 6 heteroatoms. The van der Waals surface area contributed by atoms with E-state index in [-0.39, 0.29) is 36.9 Å². The van der Waals surface area contributed by atoms with Crippen molar-refractivity contribution >= 4 is 17.9 Å². The van der Waals surface area contributed by atoms with E-state index in [1.807, 2.05) is 12.1 Å². The standard InChI is InChI=1S/C22H20O6/c23-20-11-16-17(13-26-21(24)14-7-3-1-4-8-14)19(12-18(16)27-20)28-22(25)15-9-5-2-6-10-15/h1-10,16-19H,11-13H2/t16-,17-,18+,19-/m1/s1. The molecular weight excluding hydrogens is 360 g/mol. The summed E-state index contributed by atoms with van der Waals surface area (Å²) in [6.07, 6.45) is -0.110. The van der Waals surface area contributed by atoms with Crippen molar-refractivity contribution in [2.45, 2.75) is 25.0 Å². The Morgan fingerprint density at radius 3 is 2.18 bits per heavy atom. The molecule has 2 aliphatic rings. The molecule has 2 aromatic carbocycles. The highest BCUT2D eigenvalue weighted by atomic mass is 16.6. The molecule has 4 rings (SSSR count). The first kappa shape index (κ1) is 18.2. The number of fused-ring (bicyclic) bond motifs is 1. The Morgan fingerprint density at radius 2 is 1.54 bits per heavy atom. The first-order valence-electron chi connectivity index (χ1n) is 9.29. The summed E-state index contributed by atoms with van der Waals surface area (Å²) >= 11 is 0. The Hall–Kier alpha value is -3.15. The average molecular weight is 380 g/mol. The van der Waals surface area contributed by atoms with Crippen LogP contribution < -0.4 is 0 Å². The zero-order valence-electron chi connectivity index (χ0n) is 15.2. The van der Waals surface area contributed by atoms with E-state index in [0.29, 0.717) is 17.5 Å². The average Bonchev–Trinajstić information content (AvgIpc) is 3.23.